The van der Waals surface area contributed by atoms with Gasteiger partial charge in [-0.1, -0.05) is 0 Å². The van der Waals surface area contributed by atoms with Gasteiger partial charge in [-0.2, -0.15) is 0 Å². The molecule has 4 nitrogen and oxygen atoms in total. The maximum Gasteiger partial charge on any atom is 0.269 e. The molecule has 16 heavy (non-hydrogen) atoms. The van der Waals surface area contributed by atoms with E-state index in [9.17, 15) is 4.79 Å². The van der Waals surface area contributed by atoms with E-state index in [1.54, 1.807) is 5.51 Å². The summed E-state index contributed by atoms with van der Waals surface area (Å²) in [5.74, 6) is -0.131. The minimum absolute atomic E-state index is 0.131. The van der Waals surface area contributed by atoms with Gasteiger partial charge in [0.2, 0.25) is 0 Å². The van der Waals surface area contributed by atoms with Gasteiger partial charge in [0.25, 0.3) is 5.91 Å². The van der Waals surface area contributed by atoms with Crippen LogP contribution in [0.25, 0.3) is 0 Å². The van der Waals surface area contributed by atoms with Crippen LogP contribution in [0.1, 0.15) is 25.9 Å². The second-order valence-corrected chi connectivity index (χ2v) is 5.44. The molecule has 2 aromatic heterocycles. The molecular formula is C10H11N3OS2. The lowest BCUT2D eigenvalue weighted by Crippen LogP contribution is -2.11. The molecule has 0 bridgehead atoms. The fraction of sp³-hybridized carbons (Fsp3) is 0.300. The van der Waals surface area contributed by atoms with Crippen molar-refractivity contribution in [2.45, 2.75) is 20.8 Å². The minimum atomic E-state index is -0.131. The zero-order chi connectivity index (χ0) is 11.7. The molecule has 6 heteroatoms. The maximum absolute atomic E-state index is 11.8. The van der Waals surface area contributed by atoms with Gasteiger partial charge in [-0.15, -0.1) is 22.7 Å². The Kier molecular flexibility index (Phi) is 3.02. The van der Waals surface area contributed by atoms with E-state index in [1.165, 1.54) is 22.7 Å². The number of anilines is 1. The first-order valence-corrected chi connectivity index (χ1v) is 6.43. The summed E-state index contributed by atoms with van der Waals surface area (Å²) in [6.07, 6.45) is 0. The number of aromatic nitrogens is 2. The van der Waals surface area contributed by atoms with E-state index in [0.29, 0.717) is 10.0 Å². The number of hydrogen-bond acceptors (Lipinski definition) is 5. The fourth-order valence-corrected chi connectivity index (χ4v) is 2.71. The van der Waals surface area contributed by atoms with Crippen LogP contribution in [0.3, 0.4) is 0 Å². The van der Waals surface area contributed by atoms with Gasteiger partial charge in [-0.05, 0) is 20.8 Å². The molecule has 1 amide bonds. The summed E-state index contributed by atoms with van der Waals surface area (Å²) >= 11 is 2.83. The lowest BCUT2D eigenvalue weighted by molar-refractivity contribution is 0.103. The molecular weight excluding hydrogens is 242 g/mol. The van der Waals surface area contributed by atoms with Gasteiger partial charge in [-0.25, -0.2) is 9.97 Å². The van der Waals surface area contributed by atoms with E-state index in [0.717, 1.165) is 16.3 Å². The van der Waals surface area contributed by atoms with Crippen molar-refractivity contribution in [3.05, 3.63) is 26.7 Å². The Labute approximate surface area is 101 Å². The molecule has 0 saturated carbocycles. The van der Waals surface area contributed by atoms with Gasteiger partial charge in [0.1, 0.15) is 4.88 Å². The van der Waals surface area contributed by atoms with E-state index < -0.39 is 0 Å². The Balaban J connectivity index is 2.17. The third kappa shape index (κ3) is 2.12. The fourth-order valence-electron chi connectivity index (χ4n) is 1.20. The molecule has 2 heterocycles. The largest absolute Gasteiger partial charge is 0.297 e. The molecule has 0 aliphatic heterocycles. The van der Waals surface area contributed by atoms with Crippen LogP contribution in [-0.4, -0.2) is 15.9 Å². The molecule has 2 rings (SSSR count). The van der Waals surface area contributed by atoms with E-state index in [2.05, 4.69) is 15.3 Å². The van der Waals surface area contributed by atoms with Gasteiger partial charge < -0.3 is 0 Å². The van der Waals surface area contributed by atoms with E-state index in [1.807, 2.05) is 20.8 Å². The average molecular weight is 253 g/mol. The van der Waals surface area contributed by atoms with Crippen LogP contribution in [0.2, 0.25) is 0 Å². The summed E-state index contributed by atoms with van der Waals surface area (Å²) in [6, 6.07) is 0. The van der Waals surface area contributed by atoms with Crippen LogP contribution in [-0.2, 0) is 0 Å². The molecule has 0 aliphatic rings. The summed E-state index contributed by atoms with van der Waals surface area (Å²) in [5, 5.41) is 3.43. The Bertz CT molecular complexity index is 510. The summed E-state index contributed by atoms with van der Waals surface area (Å²) in [4.78, 5) is 21.9. The molecule has 2 aromatic rings. The zero-order valence-corrected chi connectivity index (χ0v) is 10.8. The first-order valence-electron chi connectivity index (χ1n) is 4.73. The molecule has 0 saturated heterocycles. The molecule has 84 valence electrons. The topological polar surface area (TPSA) is 54.9 Å². The zero-order valence-electron chi connectivity index (χ0n) is 9.20. The number of carbonyl (C=O) groups is 1. The summed E-state index contributed by atoms with van der Waals surface area (Å²) < 4.78 is 0. The standard InChI is InChI=1S/C10H11N3OS2/c1-5-7(3)16-10(12-5)13-9(14)8-6(2)11-4-15-8/h4H,1-3H3,(H,12,13,14). The number of carbonyl (C=O) groups excluding carboxylic acids is 1. The second kappa shape index (κ2) is 4.31. The Morgan fingerprint density at radius 2 is 2.06 bits per heavy atom. The van der Waals surface area contributed by atoms with Crippen molar-refractivity contribution < 1.29 is 4.79 Å². The van der Waals surface area contributed by atoms with Crippen LogP contribution in [0.5, 0.6) is 0 Å². The Morgan fingerprint density at radius 3 is 2.56 bits per heavy atom. The molecule has 0 radical (unpaired) electrons. The number of amides is 1. The molecule has 0 atom stereocenters. The summed E-state index contributed by atoms with van der Waals surface area (Å²) in [7, 11) is 0. The monoisotopic (exact) mass is 253 g/mol. The maximum atomic E-state index is 11.8. The first kappa shape index (κ1) is 11.2. The van der Waals surface area contributed by atoms with Gasteiger partial charge in [0.05, 0.1) is 16.9 Å². The molecule has 0 fully saturated rings. The predicted octanol–water partition coefficient (Wildman–Crippen LogP) is 2.78. The van der Waals surface area contributed by atoms with Crippen molar-refractivity contribution >= 4 is 33.7 Å². The van der Waals surface area contributed by atoms with Gasteiger partial charge in [0, 0.05) is 4.88 Å². The molecule has 0 spiro atoms. The van der Waals surface area contributed by atoms with Crippen LogP contribution in [0, 0.1) is 20.8 Å². The highest BCUT2D eigenvalue weighted by Gasteiger charge is 2.13. The van der Waals surface area contributed by atoms with Gasteiger partial charge >= 0.3 is 0 Å². The Morgan fingerprint density at radius 1 is 1.31 bits per heavy atom. The van der Waals surface area contributed by atoms with Crippen molar-refractivity contribution in [1.82, 2.24) is 9.97 Å². The average Bonchev–Trinajstić information content (AvgIpc) is 2.74. The van der Waals surface area contributed by atoms with Crippen molar-refractivity contribution in [3.63, 3.8) is 0 Å². The number of thiazole rings is 2. The lowest BCUT2D eigenvalue weighted by atomic mass is 10.4. The SMILES string of the molecule is Cc1nc(NC(=O)c2scnc2C)sc1C. The molecule has 1 N–H and O–H groups in total. The van der Waals surface area contributed by atoms with Crippen LogP contribution < -0.4 is 5.32 Å². The molecule has 0 aliphatic carbocycles. The summed E-state index contributed by atoms with van der Waals surface area (Å²) in [5.41, 5.74) is 3.39. The van der Waals surface area contributed by atoms with Crippen molar-refractivity contribution in [2.75, 3.05) is 5.32 Å². The molecule has 0 aromatic carbocycles. The number of hydrogen-bond donors (Lipinski definition) is 1. The van der Waals surface area contributed by atoms with Crippen molar-refractivity contribution in [3.8, 4) is 0 Å². The van der Waals surface area contributed by atoms with Gasteiger partial charge in [0.15, 0.2) is 5.13 Å². The summed E-state index contributed by atoms with van der Waals surface area (Å²) in [6.45, 7) is 5.74. The lowest BCUT2D eigenvalue weighted by Gasteiger charge is -1.98. The van der Waals surface area contributed by atoms with E-state index >= 15 is 0 Å². The number of rotatable bonds is 2. The Hall–Kier alpha value is -1.27. The van der Waals surface area contributed by atoms with Gasteiger partial charge in [-0.3, -0.25) is 10.1 Å². The van der Waals surface area contributed by atoms with Crippen LogP contribution >= 0.6 is 22.7 Å². The number of nitrogens with one attached hydrogen (secondary N) is 1. The highest BCUT2D eigenvalue weighted by Crippen LogP contribution is 2.22. The molecule has 0 unspecified atom stereocenters. The first-order chi connectivity index (χ1) is 7.58. The van der Waals surface area contributed by atoms with Crippen LogP contribution in [0.15, 0.2) is 5.51 Å². The van der Waals surface area contributed by atoms with Crippen LogP contribution in [0.4, 0.5) is 5.13 Å². The highest BCUT2D eigenvalue weighted by atomic mass is 32.1. The minimum Gasteiger partial charge on any atom is -0.297 e. The predicted molar refractivity (Wildman–Crippen MR) is 66.4 cm³/mol. The second-order valence-electron chi connectivity index (χ2n) is 3.38. The smallest absolute Gasteiger partial charge is 0.269 e. The normalized spacial score (nSPS) is 10.4. The quantitative estimate of drug-likeness (QED) is 0.895. The highest BCUT2D eigenvalue weighted by molar-refractivity contribution is 7.16. The van der Waals surface area contributed by atoms with Crippen molar-refractivity contribution in [2.24, 2.45) is 0 Å². The number of aryl methyl sites for hydroxylation is 3. The third-order valence-corrected chi connectivity index (χ3v) is 4.12. The van der Waals surface area contributed by atoms with E-state index in [4.69, 9.17) is 0 Å². The number of nitrogens with zero attached hydrogens (tertiary/aromatic N) is 2. The van der Waals surface area contributed by atoms with E-state index in [-0.39, 0.29) is 5.91 Å². The van der Waals surface area contributed by atoms with Crippen molar-refractivity contribution in [1.29, 1.82) is 0 Å². The third-order valence-electron chi connectivity index (χ3n) is 2.20.